The zero-order chi connectivity index (χ0) is 64.9. The van der Waals surface area contributed by atoms with Crippen molar-refractivity contribution >= 4 is 32.7 Å². The lowest BCUT2D eigenvalue weighted by Gasteiger charge is -2.06. The number of hydrogen-bond donors (Lipinski definition) is 0. The van der Waals surface area contributed by atoms with Gasteiger partial charge in [-0.2, -0.15) is 0 Å². The molecule has 0 N–H and O–H groups in total. The molecule has 0 unspecified atom stereocenters. The molecule has 3 rings (SSSR count). The van der Waals surface area contributed by atoms with Crippen LogP contribution in [-0.4, -0.2) is 22.2 Å². The molecule has 4 heteroatoms. The minimum absolute atomic E-state index is 0. The second kappa shape index (κ2) is 96.1. The van der Waals surface area contributed by atoms with Crippen molar-refractivity contribution in [3.8, 4) is 336 Å². The maximum Gasteiger partial charge on any atom is 0.103 e. The van der Waals surface area contributed by atoms with Crippen LogP contribution in [0.15, 0.2) is 34.0 Å². The SMILES string of the molecule is Brc1c(CC2=NCCC2)ccc2nccnc12.C.C#C.C#CC.C#CC#CC.C#CC#CC#CC.C#CC#CC#CC#CC.C#CC#CC#CC#CC#C.C#CC#CC#CC#CC#CC.CC#CC.CC#CC#CC#CC.CC#CC#CC#CC. The molecule has 1 aliphatic rings. The summed E-state index contributed by atoms with van der Waals surface area (Å²) in [6.45, 7) is 20.1. The van der Waals surface area contributed by atoms with Crippen LogP contribution in [0.1, 0.15) is 102 Å². The third-order valence-electron chi connectivity index (χ3n) is 6.13. The van der Waals surface area contributed by atoms with Crippen LogP contribution in [0.3, 0.4) is 0 Å². The quantitative estimate of drug-likeness (QED) is 0.281. The largest absolute Gasteiger partial charge is 0.294 e. The minimum atomic E-state index is 0. The second-order valence-electron chi connectivity index (χ2n) is 11.6. The van der Waals surface area contributed by atoms with E-state index in [9.17, 15) is 0 Å². The Kier molecular flexibility index (Phi) is 103. The van der Waals surface area contributed by atoms with Crippen LogP contribution in [0.25, 0.3) is 11.0 Å². The summed E-state index contributed by atoms with van der Waals surface area (Å²) in [6, 6.07) is 4.14. The van der Waals surface area contributed by atoms with Gasteiger partial charge in [0.05, 0.1) is 5.52 Å². The maximum absolute atomic E-state index is 4.84. The molecule has 85 heavy (non-hydrogen) atoms. The van der Waals surface area contributed by atoms with Gasteiger partial charge in [-0.1, -0.05) is 60.9 Å². The van der Waals surface area contributed by atoms with Gasteiger partial charge in [0, 0.05) is 35.5 Å². The summed E-state index contributed by atoms with van der Waals surface area (Å²) in [4.78, 5) is 13.2. The van der Waals surface area contributed by atoms with Crippen LogP contribution in [0, 0.1) is 336 Å². The zero-order valence-corrected chi connectivity index (χ0v) is 50.6. The lowest BCUT2D eigenvalue weighted by Crippen LogP contribution is -2.00. The molecule has 404 valence electrons. The highest BCUT2D eigenvalue weighted by Gasteiger charge is 2.12. The third kappa shape index (κ3) is 93.3. The fourth-order valence-electron chi connectivity index (χ4n) is 3.37. The molecule has 0 saturated heterocycles. The van der Waals surface area contributed by atoms with Gasteiger partial charge in [0.25, 0.3) is 0 Å². The van der Waals surface area contributed by atoms with Gasteiger partial charge in [-0.15, -0.1) is 75.6 Å². The molecule has 0 amide bonds. The fourth-order valence-corrected chi connectivity index (χ4v) is 3.94. The predicted octanol–water partition coefficient (Wildman–Crippen LogP) is 10.7. The number of halogens is 1. The van der Waals surface area contributed by atoms with Crippen LogP contribution < -0.4 is 0 Å². The number of rotatable bonds is 2. The molecule has 0 fully saturated rings. The lowest BCUT2D eigenvalue weighted by molar-refractivity contribution is 0.949. The van der Waals surface area contributed by atoms with E-state index >= 15 is 0 Å². The fraction of sp³-hybridized carbons (Fsp3) is 0.198. The molecule has 0 saturated carbocycles. The van der Waals surface area contributed by atoms with Gasteiger partial charge >= 0.3 is 0 Å². The molecule has 0 radical (unpaired) electrons. The highest BCUT2D eigenvalue weighted by atomic mass is 79.9. The van der Waals surface area contributed by atoms with Crippen molar-refractivity contribution in [1.29, 1.82) is 0 Å². The minimum Gasteiger partial charge on any atom is -0.294 e. The van der Waals surface area contributed by atoms with E-state index in [-0.39, 0.29) is 7.43 Å². The van der Waals surface area contributed by atoms with E-state index in [1.54, 1.807) is 74.7 Å². The van der Waals surface area contributed by atoms with Gasteiger partial charge in [0.2, 0.25) is 0 Å². The average molecular weight is 1150 g/mol. The molecular formula is C81H58BrN3. The molecular weight excluding hydrogens is 1090 g/mol. The smallest absolute Gasteiger partial charge is 0.103 e. The molecule has 1 aromatic heterocycles. The Morgan fingerprint density at radius 1 is 0.365 bits per heavy atom. The van der Waals surface area contributed by atoms with E-state index in [1.807, 2.05) is 19.9 Å². The van der Waals surface area contributed by atoms with Crippen LogP contribution >= 0.6 is 15.9 Å². The Morgan fingerprint density at radius 3 is 0.859 bits per heavy atom. The number of nitrogens with zero attached hydrogens (tertiary/aromatic N) is 3. The number of hydrogen-bond acceptors (Lipinski definition) is 3. The predicted molar refractivity (Wildman–Crippen MR) is 369 cm³/mol. The molecule has 1 aliphatic heterocycles. The van der Waals surface area contributed by atoms with Gasteiger partial charge in [-0.05, 0) is 330 Å². The van der Waals surface area contributed by atoms with Crippen molar-refractivity contribution in [2.75, 3.05) is 6.54 Å². The number of aliphatic imine (C=N–C) groups is 1. The van der Waals surface area contributed by atoms with Crippen LogP contribution in [0.4, 0.5) is 0 Å². The summed E-state index contributed by atoms with van der Waals surface area (Å²) in [7, 11) is 0. The van der Waals surface area contributed by atoms with Crippen molar-refractivity contribution in [1.82, 2.24) is 9.97 Å². The molecule has 0 bridgehead atoms. The lowest BCUT2D eigenvalue weighted by atomic mass is 10.1. The van der Waals surface area contributed by atoms with E-state index in [0.717, 1.165) is 34.9 Å². The monoisotopic (exact) mass is 1150 g/mol. The van der Waals surface area contributed by atoms with Gasteiger partial charge in [-0.3, -0.25) is 15.0 Å². The molecule has 0 aliphatic carbocycles. The van der Waals surface area contributed by atoms with Crippen molar-refractivity contribution in [2.45, 2.75) is 103 Å². The highest BCUT2D eigenvalue weighted by Crippen LogP contribution is 2.26. The summed E-state index contributed by atoms with van der Waals surface area (Å²) in [5.74, 6) is 115. The van der Waals surface area contributed by atoms with Crippen molar-refractivity contribution in [3.05, 3.63) is 34.6 Å². The molecule has 2 heterocycles. The van der Waals surface area contributed by atoms with E-state index in [0.29, 0.717) is 0 Å². The van der Waals surface area contributed by atoms with Crippen molar-refractivity contribution in [2.24, 2.45) is 4.99 Å². The van der Waals surface area contributed by atoms with E-state index in [4.69, 9.17) is 38.5 Å². The Labute approximate surface area is 524 Å². The molecule has 2 aromatic rings. The number of aromatic nitrogens is 2. The first-order valence-electron chi connectivity index (χ1n) is 23.1. The number of terminal acetylenes is 8. The van der Waals surface area contributed by atoms with Gasteiger partial charge in [-0.25, -0.2) is 0 Å². The van der Waals surface area contributed by atoms with Crippen LogP contribution in [0.5, 0.6) is 0 Å². The van der Waals surface area contributed by atoms with Crippen LogP contribution in [0.2, 0.25) is 0 Å². The highest BCUT2D eigenvalue weighted by molar-refractivity contribution is 9.10. The first-order chi connectivity index (χ1) is 41.1. The Hall–Kier alpha value is -13.6. The van der Waals surface area contributed by atoms with Crippen LogP contribution in [-0.2, 0) is 6.42 Å². The van der Waals surface area contributed by atoms with Gasteiger partial charge < -0.3 is 0 Å². The summed E-state index contributed by atoms with van der Waals surface area (Å²) in [6.07, 6.45) is 48.1. The Balaban J connectivity index is -0.000000111. The number of fused-ring (bicyclic) bond motifs is 1. The number of benzene rings is 1. The van der Waals surface area contributed by atoms with E-state index in [2.05, 4.69) is 334 Å². The Morgan fingerprint density at radius 2 is 0.624 bits per heavy atom. The first kappa shape index (κ1) is 90.9. The molecule has 0 spiro atoms. The van der Waals surface area contributed by atoms with Gasteiger partial charge in [0.1, 0.15) is 5.52 Å². The summed E-state index contributed by atoms with van der Waals surface area (Å²) in [5.41, 5.74) is 4.41. The second-order valence-corrected chi connectivity index (χ2v) is 12.4. The third-order valence-corrected chi connectivity index (χ3v) is 7.02. The van der Waals surface area contributed by atoms with E-state index in [1.165, 1.54) is 17.7 Å². The maximum atomic E-state index is 4.84. The topological polar surface area (TPSA) is 38.1 Å². The summed E-state index contributed by atoms with van der Waals surface area (Å²) >= 11 is 3.63. The van der Waals surface area contributed by atoms with Gasteiger partial charge in [0.15, 0.2) is 0 Å². The molecule has 1 aromatic carbocycles. The zero-order valence-electron chi connectivity index (χ0n) is 49.1. The summed E-state index contributed by atoms with van der Waals surface area (Å²) < 4.78 is 1.05. The first-order valence-corrected chi connectivity index (χ1v) is 23.9. The Bertz CT molecular complexity index is 4010. The summed E-state index contributed by atoms with van der Waals surface area (Å²) in [5, 5.41) is 0. The van der Waals surface area contributed by atoms with E-state index < -0.39 is 0 Å². The normalized spacial score (nSPS) is 5.75. The van der Waals surface area contributed by atoms with Crippen molar-refractivity contribution < 1.29 is 0 Å². The van der Waals surface area contributed by atoms with Crippen molar-refractivity contribution in [3.63, 3.8) is 0 Å². The average Bonchev–Trinajstić information content (AvgIpc) is 4.05. The molecule has 0 atom stereocenters. The standard InChI is InChI=1S/C13H12BrN3.C11H4.C10H2.C9H4.2C8H6.C7H4.C5H4.C4H6.C3H4.C2H2.CH4/c14-12-9(8-10-2-1-5-15-10)3-4-11-13(12)17-7-6-16-11;1-3-5-7-9-11-10-8-6-4-2;1-3-5-7-9-10-8-6-4-2;1-3-5-7-9-8-6-4-2;2*1-3-5-7-8-6-4-2;1-3-5-7-6-4-2;1-3-5-4-2;1-3-4-2;1-3-2;1-2;/h3-4,6-7H,1-2,5,8H2;1H,2H3;1-2H;1H,2H3;2*1-2H3;1H,2H3;1H,2H3;1-2H3;1H,2H3;1-2H;1H4. The molecule has 3 nitrogen and oxygen atoms in total.